The van der Waals surface area contributed by atoms with Crippen molar-refractivity contribution in [3.8, 4) is 5.75 Å². The molecule has 108 valence electrons. The lowest BCUT2D eigenvalue weighted by Gasteiger charge is -2.09. The van der Waals surface area contributed by atoms with Crippen LogP contribution in [0, 0.1) is 0 Å². The molecule has 2 aromatic rings. The lowest BCUT2D eigenvalue weighted by molar-refractivity contribution is 0.318. The first-order chi connectivity index (χ1) is 9.83. The van der Waals surface area contributed by atoms with Gasteiger partial charge in [0.05, 0.1) is 11.6 Å². The molecule has 0 radical (unpaired) electrons. The molecule has 1 aromatic heterocycles. The van der Waals surface area contributed by atoms with Crippen molar-refractivity contribution in [3.63, 3.8) is 0 Å². The summed E-state index contributed by atoms with van der Waals surface area (Å²) in [5.41, 5.74) is 1.26. The average molecular weight is 290 g/mol. The van der Waals surface area contributed by atoms with E-state index < -0.39 is 0 Å². The number of aromatic nitrogens is 1. The van der Waals surface area contributed by atoms with Gasteiger partial charge in [0.2, 0.25) is 0 Å². The fraction of sp³-hybridized carbons (Fsp3) is 0.438. The molecule has 0 fully saturated rings. The number of hydrogen-bond acceptors (Lipinski definition) is 4. The molecule has 0 spiro atoms. The van der Waals surface area contributed by atoms with Gasteiger partial charge in [-0.2, -0.15) is 0 Å². The van der Waals surface area contributed by atoms with Crippen LogP contribution < -0.4 is 10.1 Å². The molecule has 0 aliphatic heterocycles. The molecule has 1 heterocycles. The Hall–Kier alpha value is -1.39. The van der Waals surface area contributed by atoms with Crippen molar-refractivity contribution < 1.29 is 4.74 Å². The van der Waals surface area contributed by atoms with Gasteiger partial charge >= 0.3 is 0 Å². The number of ether oxygens (including phenoxy) is 1. The maximum atomic E-state index is 5.87. The van der Waals surface area contributed by atoms with Crippen molar-refractivity contribution in [3.05, 3.63) is 45.9 Å². The summed E-state index contributed by atoms with van der Waals surface area (Å²) in [5.74, 6) is 0.999. The Morgan fingerprint density at radius 2 is 2.10 bits per heavy atom. The minimum Gasteiger partial charge on any atom is -0.493 e. The number of nitrogens with one attached hydrogen (secondary N) is 1. The number of hydrogen-bond donors (Lipinski definition) is 1. The third-order valence-electron chi connectivity index (χ3n) is 3.08. The highest BCUT2D eigenvalue weighted by Crippen LogP contribution is 2.19. The van der Waals surface area contributed by atoms with E-state index in [0.717, 1.165) is 36.7 Å². The monoisotopic (exact) mass is 290 g/mol. The second-order valence-corrected chi connectivity index (χ2v) is 5.76. The topological polar surface area (TPSA) is 34.2 Å². The van der Waals surface area contributed by atoms with Gasteiger partial charge < -0.3 is 10.1 Å². The first-order valence-corrected chi connectivity index (χ1v) is 8.00. The van der Waals surface area contributed by atoms with Gasteiger partial charge in [0.1, 0.15) is 5.75 Å². The Bertz CT molecular complexity index is 525. The molecule has 0 bridgehead atoms. The fourth-order valence-electron chi connectivity index (χ4n) is 1.98. The molecule has 0 aliphatic carbocycles. The van der Waals surface area contributed by atoms with Crippen LogP contribution in [0.4, 0.5) is 0 Å². The molecule has 3 nitrogen and oxygen atoms in total. The van der Waals surface area contributed by atoms with Crippen LogP contribution in [0.25, 0.3) is 0 Å². The predicted octanol–water partition coefficient (Wildman–Crippen LogP) is 3.44. The molecule has 20 heavy (non-hydrogen) atoms. The summed E-state index contributed by atoms with van der Waals surface area (Å²) in [5, 5.41) is 4.46. The zero-order valence-corrected chi connectivity index (χ0v) is 13.0. The Balaban J connectivity index is 1.82. The van der Waals surface area contributed by atoms with Gasteiger partial charge in [-0.25, -0.2) is 4.98 Å². The summed E-state index contributed by atoms with van der Waals surface area (Å²) in [6.45, 7) is 6.85. The van der Waals surface area contributed by atoms with Crippen molar-refractivity contribution in [1.82, 2.24) is 10.3 Å². The minimum absolute atomic E-state index is 0.686. The molecular weight excluding hydrogens is 268 g/mol. The average Bonchev–Trinajstić information content (AvgIpc) is 2.93. The van der Waals surface area contributed by atoms with Crippen molar-refractivity contribution in [1.29, 1.82) is 0 Å². The third-order valence-corrected chi connectivity index (χ3v) is 4.13. The van der Waals surface area contributed by atoms with Crippen molar-refractivity contribution in [2.24, 2.45) is 0 Å². The van der Waals surface area contributed by atoms with Crippen LogP contribution >= 0.6 is 11.3 Å². The summed E-state index contributed by atoms with van der Waals surface area (Å²) >= 11 is 1.76. The van der Waals surface area contributed by atoms with Crippen molar-refractivity contribution in [2.45, 2.75) is 33.2 Å². The SMILES string of the molecule is CCNCc1cnc(CCOc2ccccc2CC)s1. The maximum absolute atomic E-state index is 5.87. The van der Waals surface area contributed by atoms with Crippen LogP contribution in [0.1, 0.15) is 29.3 Å². The van der Waals surface area contributed by atoms with Gasteiger partial charge in [-0.05, 0) is 24.6 Å². The van der Waals surface area contributed by atoms with E-state index in [1.54, 1.807) is 11.3 Å². The van der Waals surface area contributed by atoms with Crippen molar-refractivity contribution >= 4 is 11.3 Å². The number of para-hydroxylation sites is 1. The second kappa shape index (κ2) is 8.02. The third kappa shape index (κ3) is 4.32. The first kappa shape index (κ1) is 15.0. The Morgan fingerprint density at radius 1 is 1.25 bits per heavy atom. The smallest absolute Gasteiger partial charge is 0.122 e. The van der Waals surface area contributed by atoms with E-state index >= 15 is 0 Å². The van der Waals surface area contributed by atoms with E-state index in [1.807, 2.05) is 18.3 Å². The highest BCUT2D eigenvalue weighted by molar-refractivity contribution is 7.11. The van der Waals surface area contributed by atoms with E-state index in [2.05, 4.69) is 36.3 Å². The Morgan fingerprint density at radius 3 is 2.90 bits per heavy atom. The molecule has 0 saturated heterocycles. The van der Waals surface area contributed by atoms with Crippen LogP contribution in [0.3, 0.4) is 0 Å². The standard InChI is InChI=1S/C16H22N2OS/c1-3-13-7-5-6-8-15(13)19-10-9-16-18-12-14(20-16)11-17-4-2/h5-8,12,17H,3-4,9-11H2,1-2H3. The molecule has 1 N–H and O–H groups in total. The summed E-state index contributed by atoms with van der Waals surface area (Å²) in [6, 6.07) is 8.23. The van der Waals surface area contributed by atoms with Crippen LogP contribution in [0.5, 0.6) is 5.75 Å². The molecule has 0 amide bonds. The van der Waals surface area contributed by atoms with E-state index in [4.69, 9.17) is 4.74 Å². The molecular formula is C16H22N2OS. The quantitative estimate of drug-likeness (QED) is 0.808. The lowest BCUT2D eigenvalue weighted by atomic mass is 10.1. The zero-order valence-electron chi connectivity index (χ0n) is 12.2. The molecule has 4 heteroatoms. The van der Waals surface area contributed by atoms with Gasteiger partial charge in [-0.3, -0.25) is 0 Å². The number of benzene rings is 1. The number of aryl methyl sites for hydroxylation is 1. The largest absolute Gasteiger partial charge is 0.493 e. The van der Waals surface area contributed by atoms with Crippen LogP contribution in [0.15, 0.2) is 30.5 Å². The van der Waals surface area contributed by atoms with Crippen LogP contribution in [-0.2, 0) is 19.4 Å². The van der Waals surface area contributed by atoms with Gasteiger partial charge in [0, 0.05) is 24.0 Å². The molecule has 2 rings (SSSR count). The summed E-state index contributed by atoms with van der Waals surface area (Å²) in [7, 11) is 0. The van der Waals surface area contributed by atoms with E-state index in [0.29, 0.717) is 6.61 Å². The normalized spacial score (nSPS) is 10.7. The summed E-state index contributed by atoms with van der Waals surface area (Å²) in [6.07, 6.45) is 3.83. The molecule has 0 atom stereocenters. The van der Waals surface area contributed by atoms with Crippen LogP contribution in [0.2, 0.25) is 0 Å². The van der Waals surface area contributed by atoms with Gasteiger partial charge in [-0.1, -0.05) is 32.0 Å². The highest BCUT2D eigenvalue weighted by Gasteiger charge is 2.04. The van der Waals surface area contributed by atoms with Gasteiger partial charge in [0.25, 0.3) is 0 Å². The van der Waals surface area contributed by atoms with Crippen LogP contribution in [-0.4, -0.2) is 18.1 Å². The maximum Gasteiger partial charge on any atom is 0.122 e. The fourth-order valence-corrected chi connectivity index (χ4v) is 2.85. The Labute approximate surface area is 125 Å². The van der Waals surface area contributed by atoms with Crippen molar-refractivity contribution in [2.75, 3.05) is 13.2 Å². The number of rotatable bonds is 8. The van der Waals surface area contributed by atoms with Gasteiger partial charge in [-0.15, -0.1) is 11.3 Å². The minimum atomic E-state index is 0.686. The van der Waals surface area contributed by atoms with E-state index in [9.17, 15) is 0 Å². The summed E-state index contributed by atoms with van der Waals surface area (Å²) < 4.78 is 5.87. The molecule has 0 unspecified atom stereocenters. The number of nitrogens with zero attached hydrogens (tertiary/aromatic N) is 1. The zero-order chi connectivity index (χ0) is 14.2. The van der Waals surface area contributed by atoms with E-state index in [-0.39, 0.29) is 0 Å². The summed E-state index contributed by atoms with van der Waals surface area (Å²) in [4.78, 5) is 5.73. The predicted molar refractivity (Wildman–Crippen MR) is 84.5 cm³/mol. The Kier molecular flexibility index (Phi) is 6.02. The second-order valence-electron chi connectivity index (χ2n) is 4.56. The molecule has 0 saturated carbocycles. The molecule has 0 aliphatic rings. The first-order valence-electron chi connectivity index (χ1n) is 7.18. The lowest BCUT2D eigenvalue weighted by Crippen LogP contribution is -2.10. The van der Waals surface area contributed by atoms with E-state index in [1.165, 1.54) is 10.4 Å². The molecule has 1 aromatic carbocycles. The van der Waals surface area contributed by atoms with Gasteiger partial charge in [0.15, 0.2) is 0 Å². The highest BCUT2D eigenvalue weighted by atomic mass is 32.1. The number of thiazole rings is 1.